The summed E-state index contributed by atoms with van der Waals surface area (Å²) in [6.45, 7) is 4.99. The van der Waals surface area contributed by atoms with E-state index in [9.17, 15) is 9.59 Å². The Morgan fingerprint density at radius 1 is 1.07 bits per heavy atom. The molecule has 1 aliphatic carbocycles. The van der Waals surface area contributed by atoms with Crippen LogP contribution in [0.2, 0.25) is 0 Å². The number of nitrogens with zero attached hydrogens (tertiary/aromatic N) is 3. The van der Waals surface area contributed by atoms with E-state index in [0.29, 0.717) is 19.4 Å². The minimum atomic E-state index is -0.673. The zero-order chi connectivity index (χ0) is 20.0. The summed E-state index contributed by atoms with van der Waals surface area (Å²) in [5.74, 6) is 0.0186. The molecule has 6 heteroatoms. The highest BCUT2D eigenvalue weighted by molar-refractivity contribution is 6.07. The minimum absolute atomic E-state index is 0.0186. The van der Waals surface area contributed by atoms with Gasteiger partial charge in [-0.1, -0.05) is 24.3 Å². The predicted molar refractivity (Wildman–Crippen MR) is 108 cm³/mol. The second-order valence-electron chi connectivity index (χ2n) is 8.47. The molecule has 3 amide bonds. The predicted octanol–water partition coefficient (Wildman–Crippen LogP) is 3.07. The van der Waals surface area contributed by atoms with Crippen LogP contribution in [0.15, 0.2) is 47.3 Å². The lowest BCUT2D eigenvalue weighted by molar-refractivity contribution is -0.137. The third-order valence-electron chi connectivity index (χ3n) is 6.95. The van der Waals surface area contributed by atoms with E-state index in [4.69, 9.17) is 4.42 Å². The quantitative estimate of drug-likeness (QED) is 0.749. The first kappa shape index (κ1) is 18.4. The second-order valence-corrected chi connectivity index (χ2v) is 8.47. The maximum absolute atomic E-state index is 13.7. The minimum Gasteiger partial charge on any atom is -0.472 e. The summed E-state index contributed by atoms with van der Waals surface area (Å²) in [5, 5.41) is 0. The largest absolute Gasteiger partial charge is 0.472 e. The third-order valence-corrected chi connectivity index (χ3v) is 6.95. The monoisotopic (exact) mass is 393 g/mol. The molecule has 1 aromatic carbocycles. The second kappa shape index (κ2) is 7.02. The van der Waals surface area contributed by atoms with Gasteiger partial charge >= 0.3 is 6.03 Å². The van der Waals surface area contributed by atoms with E-state index >= 15 is 0 Å². The zero-order valence-electron chi connectivity index (χ0n) is 16.8. The van der Waals surface area contributed by atoms with Crippen LogP contribution in [0.25, 0.3) is 0 Å². The van der Waals surface area contributed by atoms with Gasteiger partial charge in [-0.15, -0.1) is 0 Å². The lowest BCUT2D eigenvalue weighted by Crippen LogP contribution is -2.56. The summed E-state index contributed by atoms with van der Waals surface area (Å²) >= 11 is 0. The summed E-state index contributed by atoms with van der Waals surface area (Å²) in [7, 11) is 0. The number of carbonyl (C=O) groups excluding carboxylic acids is 2. The number of hydrogen-bond acceptors (Lipinski definition) is 4. The van der Waals surface area contributed by atoms with Crippen LogP contribution in [0.4, 0.5) is 4.79 Å². The van der Waals surface area contributed by atoms with Crippen molar-refractivity contribution in [1.29, 1.82) is 0 Å². The van der Waals surface area contributed by atoms with Crippen molar-refractivity contribution in [3.05, 3.63) is 59.5 Å². The third kappa shape index (κ3) is 2.89. The molecular formula is C23H27N3O3. The number of benzene rings is 1. The molecule has 0 N–H and O–H groups in total. The van der Waals surface area contributed by atoms with E-state index < -0.39 is 5.54 Å². The Hall–Kier alpha value is -2.60. The van der Waals surface area contributed by atoms with Crippen LogP contribution in [-0.4, -0.2) is 57.9 Å². The summed E-state index contributed by atoms with van der Waals surface area (Å²) in [6.07, 6.45) is 6.39. The Kier molecular flexibility index (Phi) is 4.46. The molecule has 0 bridgehead atoms. The number of piperidine rings is 1. The van der Waals surface area contributed by atoms with Crippen molar-refractivity contribution in [3.8, 4) is 0 Å². The molecule has 1 aromatic heterocycles. The highest BCUT2D eigenvalue weighted by atomic mass is 16.3. The Morgan fingerprint density at radius 3 is 2.34 bits per heavy atom. The number of carbonyl (C=O) groups is 2. The summed E-state index contributed by atoms with van der Waals surface area (Å²) < 4.78 is 5.17. The van der Waals surface area contributed by atoms with Crippen LogP contribution in [0.1, 0.15) is 36.5 Å². The number of furan rings is 1. The van der Waals surface area contributed by atoms with Gasteiger partial charge in [0.25, 0.3) is 5.91 Å². The smallest absolute Gasteiger partial charge is 0.327 e. The molecule has 0 atom stereocenters. The van der Waals surface area contributed by atoms with Crippen molar-refractivity contribution in [1.82, 2.24) is 14.7 Å². The molecule has 0 radical (unpaired) electrons. The van der Waals surface area contributed by atoms with Crippen LogP contribution in [-0.2, 0) is 24.2 Å². The number of rotatable bonds is 4. The van der Waals surface area contributed by atoms with Crippen molar-refractivity contribution < 1.29 is 14.0 Å². The maximum Gasteiger partial charge on any atom is 0.327 e. The summed E-state index contributed by atoms with van der Waals surface area (Å²) in [6, 6.07) is 10.1. The van der Waals surface area contributed by atoms with Crippen molar-refractivity contribution in [2.45, 2.75) is 50.7 Å². The lowest BCUT2D eigenvalue weighted by atomic mass is 9.85. The number of fused-ring (bicyclic) bond motifs is 1. The summed E-state index contributed by atoms with van der Waals surface area (Å²) in [4.78, 5) is 32.7. The van der Waals surface area contributed by atoms with Crippen molar-refractivity contribution >= 4 is 11.9 Å². The van der Waals surface area contributed by atoms with Gasteiger partial charge < -0.3 is 9.32 Å². The van der Waals surface area contributed by atoms with Gasteiger partial charge in [-0.25, -0.2) is 4.79 Å². The van der Waals surface area contributed by atoms with Gasteiger partial charge in [0.05, 0.1) is 12.5 Å². The van der Waals surface area contributed by atoms with Gasteiger partial charge in [-0.2, -0.15) is 0 Å². The van der Waals surface area contributed by atoms with Gasteiger partial charge in [0.15, 0.2) is 0 Å². The van der Waals surface area contributed by atoms with Crippen molar-refractivity contribution in [2.24, 2.45) is 0 Å². The first-order valence-corrected chi connectivity index (χ1v) is 10.6. The fourth-order valence-corrected chi connectivity index (χ4v) is 5.42. The molecule has 29 heavy (non-hydrogen) atoms. The molecule has 0 unspecified atom stereocenters. The Balaban J connectivity index is 1.34. The van der Waals surface area contributed by atoms with Gasteiger partial charge in [0, 0.05) is 37.8 Å². The van der Waals surface area contributed by atoms with Crippen LogP contribution < -0.4 is 0 Å². The first-order valence-electron chi connectivity index (χ1n) is 10.6. The average Bonchev–Trinajstić information content (AvgIpc) is 3.42. The maximum atomic E-state index is 13.7. The molecule has 0 saturated carbocycles. The fraction of sp³-hybridized carbons (Fsp3) is 0.478. The lowest BCUT2D eigenvalue weighted by Gasteiger charge is -2.41. The van der Waals surface area contributed by atoms with Crippen molar-refractivity contribution in [3.63, 3.8) is 0 Å². The molecule has 3 heterocycles. The molecule has 3 aliphatic rings. The Morgan fingerprint density at radius 2 is 1.76 bits per heavy atom. The van der Waals surface area contributed by atoms with Crippen LogP contribution in [0.3, 0.4) is 0 Å². The molecular weight excluding hydrogens is 366 g/mol. The number of likely N-dealkylation sites (tertiary alicyclic amines) is 1. The molecule has 6 nitrogen and oxygen atoms in total. The van der Waals surface area contributed by atoms with Gasteiger partial charge in [-0.3, -0.25) is 14.6 Å². The number of likely N-dealkylation sites (N-methyl/N-ethyl adjacent to an activating group) is 1. The Bertz CT molecular complexity index is 890. The van der Waals surface area contributed by atoms with Gasteiger partial charge in [-0.05, 0) is 49.8 Å². The Labute approximate surface area is 171 Å². The normalized spacial score (nSPS) is 22.1. The number of hydrogen-bond donors (Lipinski definition) is 0. The molecule has 1 spiro atoms. The van der Waals surface area contributed by atoms with E-state index in [-0.39, 0.29) is 18.0 Å². The standard InChI is InChI=1S/C23H27N3O3/c1-2-25-22(28)26(20-13-18-5-3-4-6-19(18)14-20)21(27)23(25)8-10-24(11-9-23)15-17-7-12-29-16-17/h3-7,12,16,20H,2,8-11,13-15H2,1H3. The van der Waals surface area contributed by atoms with Crippen LogP contribution in [0.5, 0.6) is 0 Å². The number of urea groups is 1. The molecule has 2 aromatic rings. The van der Waals surface area contributed by atoms with E-state index in [2.05, 4.69) is 17.0 Å². The van der Waals surface area contributed by atoms with E-state index in [1.54, 1.807) is 17.4 Å². The summed E-state index contributed by atoms with van der Waals surface area (Å²) in [5.41, 5.74) is 2.99. The van der Waals surface area contributed by atoms with Crippen molar-refractivity contribution in [2.75, 3.05) is 19.6 Å². The highest BCUT2D eigenvalue weighted by Gasteiger charge is 2.59. The number of imide groups is 1. The highest BCUT2D eigenvalue weighted by Crippen LogP contribution is 2.40. The molecule has 2 aliphatic heterocycles. The van der Waals surface area contributed by atoms with Gasteiger partial charge in [0.1, 0.15) is 5.54 Å². The topological polar surface area (TPSA) is 57.0 Å². The SMILES string of the molecule is CCN1C(=O)N(C2Cc3ccccc3C2)C(=O)C12CCN(Cc1ccoc1)CC2. The van der Waals surface area contributed by atoms with E-state index in [1.807, 2.05) is 30.0 Å². The van der Waals surface area contributed by atoms with Crippen LogP contribution >= 0.6 is 0 Å². The molecule has 152 valence electrons. The number of amides is 3. The van der Waals surface area contributed by atoms with E-state index in [1.165, 1.54) is 11.1 Å². The van der Waals surface area contributed by atoms with E-state index in [0.717, 1.165) is 38.0 Å². The molecule has 2 saturated heterocycles. The first-order chi connectivity index (χ1) is 14.1. The molecule has 2 fully saturated rings. The van der Waals surface area contributed by atoms with Gasteiger partial charge in [0.2, 0.25) is 0 Å². The van der Waals surface area contributed by atoms with Crippen LogP contribution in [0, 0.1) is 0 Å². The fourth-order valence-electron chi connectivity index (χ4n) is 5.42. The molecule has 5 rings (SSSR count). The average molecular weight is 393 g/mol. The zero-order valence-corrected chi connectivity index (χ0v) is 16.8.